The smallest absolute Gasteiger partial charge is 0.169 e. The van der Waals surface area contributed by atoms with E-state index in [4.69, 9.17) is 5.73 Å². The Balaban J connectivity index is 2.18. The summed E-state index contributed by atoms with van der Waals surface area (Å²) in [5.41, 5.74) is 5.65. The number of benzene rings is 1. The maximum absolute atomic E-state index is 13.8. The minimum absolute atomic E-state index is 0.0897. The van der Waals surface area contributed by atoms with Gasteiger partial charge in [0.25, 0.3) is 0 Å². The molecule has 0 atom stereocenters. The van der Waals surface area contributed by atoms with Gasteiger partial charge in [0.2, 0.25) is 0 Å². The number of halogens is 2. The predicted molar refractivity (Wildman–Crippen MR) is 70.0 cm³/mol. The SMILES string of the molecule is Cc1ccc(C(=O)CC2(N)CCCCC2)c(F)c1F. The van der Waals surface area contributed by atoms with Crippen LogP contribution in [0.4, 0.5) is 8.78 Å². The Labute approximate surface area is 112 Å². The van der Waals surface area contributed by atoms with Crippen LogP contribution in [0.1, 0.15) is 54.4 Å². The van der Waals surface area contributed by atoms with Crippen LogP contribution in [-0.2, 0) is 0 Å². The average Bonchev–Trinajstić information content (AvgIpc) is 2.36. The monoisotopic (exact) mass is 267 g/mol. The first-order valence-electron chi connectivity index (χ1n) is 6.70. The summed E-state index contributed by atoms with van der Waals surface area (Å²) in [6.07, 6.45) is 4.75. The minimum Gasteiger partial charge on any atom is -0.325 e. The van der Waals surface area contributed by atoms with Crippen molar-refractivity contribution in [2.75, 3.05) is 0 Å². The van der Waals surface area contributed by atoms with Crippen LogP contribution in [0.25, 0.3) is 0 Å². The molecule has 0 bridgehead atoms. The van der Waals surface area contributed by atoms with Gasteiger partial charge >= 0.3 is 0 Å². The second kappa shape index (κ2) is 5.37. The molecule has 2 rings (SSSR count). The quantitative estimate of drug-likeness (QED) is 0.852. The average molecular weight is 267 g/mol. The number of aryl methyl sites for hydroxylation is 1. The Kier molecular flexibility index (Phi) is 3.99. The lowest BCUT2D eigenvalue weighted by atomic mass is 9.78. The molecule has 1 saturated carbocycles. The molecular formula is C15H19F2NO. The maximum Gasteiger partial charge on any atom is 0.169 e. The molecule has 1 aromatic carbocycles. The standard InChI is InChI=1S/C15H19F2NO/c1-10-5-6-11(14(17)13(10)16)12(19)9-15(18)7-3-2-4-8-15/h5-6H,2-4,7-9,18H2,1H3. The molecule has 0 aromatic heterocycles. The van der Waals surface area contributed by atoms with E-state index >= 15 is 0 Å². The number of Topliss-reactive ketones (excluding diaryl/α,β-unsaturated/α-hetero) is 1. The van der Waals surface area contributed by atoms with Crippen LogP contribution in [0.2, 0.25) is 0 Å². The molecule has 0 amide bonds. The summed E-state index contributed by atoms with van der Waals surface area (Å²) in [4.78, 5) is 12.1. The topological polar surface area (TPSA) is 43.1 Å². The summed E-state index contributed by atoms with van der Waals surface area (Å²) < 4.78 is 27.2. The van der Waals surface area contributed by atoms with Gasteiger partial charge in [-0.1, -0.05) is 25.3 Å². The van der Waals surface area contributed by atoms with Crippen LogP contribution in [0.5, 0.6) is 0 Å². The molecule has 104 valence electrons. The molecular weight excluding hydrogens is 248 g/mol. The van der Waals surface area contributed by atoms with Crippen molar-refractivity contribution in [2.24, 2.45) is 5.73 Å². The fourth-order valence-corrected chi connectivity index (χ4v) is 2.71. The Morgan fingerprint density at radius 1 is 1.21 bits per heavy atom. The van der Waals surface area contributed by atoms with E-state index in [1.54, 1.807) is 0 Å². The zero-order chi connectivity index (χ0) is 14.0. The molecule has 0 heterocycles. The van der Waals surface area contributed by atoms with E-state index in [-0.39, 0.29) is 17.5 Å². The highest BCUT2D eigenvalue weighted by atomic mass is 19.2. The predicted octanol–water partition coefficient (Wildman–Crippen LogP) is 3.51. The summed E-state index contributed by atoms with van der Waals surface area (Å²) in [6.45, 7) is 1.47. The van der Waals surface area contributed by atoms with Crippen molar-refractivity contribution in [1.82, 2.24) is 0 Å². The highest BCUT2D eigenvalue weighted by Gasteiger charge is 2.31. The Morgan fingerprint density at radius 2 is 1.84 bits per heavy atom. The molecule has 0 unspecified atom stereocenters. The second-order valence-electron chi connectivity index (χ2n) is 5.58. The third kappa shape index (κ3) is 3.00. The van der Waals surface area contributed by atoms with Crippen LogP contribution in [0.15, 0.2) is 12.1 Å². The molecule has 1 aliphatic carbocycles. The van der Waals surface area contributed by atoms with Gasteiger partial charge in [0.1, 0.15) is 0 Å². The Morgan fingerprint density at radius 3 is 2.47 bits per heavy atom. The fourth-order valence-electron chi connectivity index (χ4n) is 2.71. The van der Waals surface area contributed by atoms with Crippen molar-refractivity contribution in [3.63, 3.8) is 0 Å². The van der Waals surface area contributed by atoms with Gasteiger partial charge in [0, 0.05) is 12.0 Å². The number of rotatable bonds is 3. The van der Waals surface area contributed by atoms with Crippen molar-refractivity contribution in [3.05, 3.63) is 34.9 Å². The first-order valence-corrected chi connectivity index (χ1v) is 6.70. The molecule has 2 N–H and O–H groups in total. The van der Waals surface area contributed by atoms with E-state index in [0.717, 1.165) is 32.1 Å². The molecule has 19 heavy (non-hydrogen) atoms. The molecule has 0 aliphatic heterocycles. The van der Waals surface area contributed by atoms with Crippen LogP contribution < -0.4 is 5.73 Å². The van der Waals surface area contributed by atoms with Crippen LogP contribution in [-0.4, -0.2) is 11.3 Å². The van der Waals surface area contributed by atoms with E-state index in [1.807, 2.05) is 0 Å². The van der Waals surface area contributed by atoms with Crippen molar-refractivity contribution in [1.29, 1.82) is 0 Å². The zero-order valence-corrected chi connectivity index (χ0v) is 11.1. The van der Waals surface area contributed by atoms with Crippen molar-refractivity contribution in [2.45, 2.75) is 51.0 Å². The second-order valence-corrected chi connectivity index (χ2v) is 5.58. The summed E-state index contributed by atoms with van der Waals surface area (Å²) in [6, 6.07) is 2.78. The first kappa shape index (κ1) is 14.1. The number of carbonyl (C=O) groups excluding carboxylic acids is 1. The largest absolute Gasteiger partial charge is 0.325 e. The summed E-state index contributed by atoms with van der Waals surface area (Å²) >= 11 is 0. The number of ketones is 1. The molecule has 0 radical (unpaired) electrons. The van der Waals surface area contributed by atoms with Gasteiger partial charge in [-0.3, -0.25) is 4.79 Å². The summed E-state index contributed by atoms with van der Waals surface area (Å²) in [7, 11) is 0. The lowest BCUT2D eigenvalue weighted by Gasteiger charge is -2.32. The van der Waals surface area contributed by atoms with E-state index in [2.05, 4.69) is 0 Å². The zero-order valence-electron chi connectivity index (χ0n) is 11.1. The van der Waals surface area contributed by atoms with Gasteiger partial charge in [-0.15, -0.1) is 0 Å². The van der Waals surface area contributed by atoms with Gasteiger partial charge in [-0.25, -0.2) is 8.78 Å². The lowest BCUT2D eigenvalue weighted by Crippen LogP contribution is -2.43. The lowest BCUT2D eigenvalue weighted by molar-refractivity contribution is 0.0929. The van der Waals surface area contributed by atoms with E-state index in [0.29, 0.717) is 0 Å². The van der Waals surface area contributed by atoms with Gasteiger partial charge in [0.15, 0.2) is 17.4 Å². The van der Waals surface area contributed by atoms with Gasteiger partial charge in [-0.05, 0) is 31.4 Å². The minimum atomic E-state index is -1.05. The Bertz CT molecular complexity index is 493. The van der Waals surface area contributed by atoms with Crippen molar-refractivity contribution in [3.8, 4) is 0 Å². The maximum atomic E-state index is 13.8. The van der Waals surface area contributed by atoms with Gasteiger partial charge in [0.05, 0.1) is 5.56 Å². The summed E-state index contributed by atoms with van der Waals surface area (Å²) in [5.74, 6) is -2.40. The third-order valence-electron chi connectivity index (χ3n) is 3.94. The first-order chi connectivity index (χ1) is 8.93. The molecule has 1 aliphatic rings. The molecule has 2 nitrogen and oxygen atoms in total. The normalized spacial score (nSPS) is 18.3. The molecule has 1 fully saturated rings. The number of hydrogen-bond acceptors (Lipinski definition) is 2. The van der Waals surface area contributed by atoms with Gasteiger partial charge in [-0.2, -0.15) is 0 Å². The van der Waals surface area contributed by atoms with E-state index in [9.17, 15) is 13.6 Å². The van der Waals surface area contributed by atoms with Crippen molar-refractivity contribution >= 4 is 5.78 Å². The number of hydrogen-bond donors (Lipinski definition) is 1. The van der Waals surface area contributed by atoms with Crippen LogP contribution in [0.3, 0.4) is 0 Å². The molecule has 0 spiro atoms. The fraction of sp³-hybridized carbons (Fsp3) is 0.533. The van der Waals surface area contributed by atoms with Crippen molar-refractivity contribution < 1.29 is 13.6 Å². The third-order valence-corrected chi connectivity index (χ3v) is 3.94. The highest BCUT2D eigenvalue weighted by Crippen LogP contribution is 2.30. The van der Waals surface area contributed by atoms with Crippen LogP contribution >= 0.6 is 0 Å². The molecule has 0 saturated heterocycles. The molecule has 4 heteroatoms. The molecule has 1 aromatic rings. The Hall–Kier alpha value is -1.29. The van der Waals surface area contributed by atoms with Gasteiger partial charge < -0.3 is 5.73 Å². The number of nitrogens with two attached hydrogens (primary N) is 1. The number of carbonyl (C=O) groups is 1. The highest BCUT2D eigenvalue weighted by molar-refractivity contribution is 5.97. The van der Waals surface area contributed by atoms with E-state index < -0.39 is 23.0 Å². The van der Waals surface area contributed by atoms with E-state index in [1.165, 1.54) is 19.1 Å². The summed E-state index contributed by atoms with van der Waals surface area (Å²) in [5, 5.41) is 0. The van der Waals surface area contributed by atoms with Crippen LogP contribution in [0, 0.1) is 18.6 Å².